The van der Waals surface area contributed by atoms with E-state index in [0.717, 1.165) is 39.7 Å². The summed E-state index contributed by atoms with van der Waals surface area (Å²) in [6, 6.07) is 15.0. The fraction of sp³-hybridized carbons (Fsp3) is 0.452. The first-order valence-corrected chi connectivity index (χ1v) is 15.6. The molecule has 1 amide bonds. The summed E-state index contributed by atoms with van der Waals surface area (Å²) in [4.78, 5) is 16.0. The Morgan fingerprint density at radius 2 is 1.89 bits per heavy atom. The Hall–Kier alpha value is -3.82. The van der Waals surface area contributed by atoms with E-state index in [4.69, 9.17) is 19.9 Å². The molecule has 0 unspecified atom stereocenters. The van der Waals surface area contributed by atoms with Crippen molar-refractivity contribution >= 4 is 23.8 Å². The van der Waals surface area contributed by atoms with Crippen molar-refractivity contribution in [2.75, 3.05) is 19.8 Å². The molecule has 1 saturated heterocycles. The van der Waals surface area contributed by atoms with E-state index in [1.807, 2.05) is 69.3 Å². The first kappa shape index (κ1) is 34.1. The highest BCUT2D eigenvalue weighted by Crippen LogP contribution is 2.37. The van der Waals surface area contributed by atoms with Gasteiger partial charge < -0.3 is 40.4 Å². The molecule has 0 radical (unpaired) electrons. The number of hydrogen-bond donors (Lipinski definition) is 7. The lowest BCUT2D eigenvalue weighted by Gasteiger charge is -2.38. The number of aryl methyl sites for hydroxylation is 1. The number of amides is 1. The molecule has 244 valence electrons. The molecule has 1 aliphatic heterocycles. The van der Waals surface area contributed by atoms with E-state index in [-0.39, 0.29) is 44.1 Å². The third-order valence-corrected chi connectivity index (χ3v) is 8.70. The molecule has 45 heavy (non-hydrogen) atoms. The van der Waals surface area contributed by atoms with Crippen LogP contribution in [-0.4, -0.2) is 91.4 Å². The van der Waals surface area contributed by atoms with E-state index in [0.29, 0.717) is 12.2 Å². The standard InChI is InChI=1S/C31H41N5O8S/c1-17(2)24-22(28(36-35-24)44-29-27(40)26(39)25(38)23(15-37)45-29)14-20-9-10-21(13-18(20)3)42-12-11-33-30(32)34-31(41)43-16-19-7-5-4-6-8-19/h4-10,13,17,23,25-27,29,37-40H,11-12,14-16H2,1-3H3,(H,35,36)(H3,32,33,34,41)/t23-,25-,26+,27-,29-/m1/s1. The predicted octanol–water partition coefficient (Wildman–Crippen LogP) is 1.95. The average molecular weight is 644 g/mol. The van der Waals surface area contributed by atoms with Crippen LogP contribution in [0.15, 0.2) is 53.5 Å². The maximum atomic E-state index is 11.9. The Balaban J connectivity index is 1.33. The minimum atomic E-state index is -1.46. The number of aliphatic imine (C=N–C) groups is 1. The molecular weight excluding hydrogens is 602 g/mol. The Labute approximate surface area is 265 Å². The maximum Gasteiger partial charge on any atom is 0.414 e. The van der Waals surface area contributed by atoms with Gasteiger partial charge >= 0.3 is 6.09 Å². The summed E-state index contributed by atoms with van der Waals surface area (Å²) in [7, 11) is 0. The maximum absolute atomic E-state index is 11.9. The molecule has 1 fully saturated rings. The van der Waals surface area contributed by atoms with Crippen molar-refractivity contribution in [1.82, 2.24) is 15.5 Å². The number of thioether (sulfide) groups is 1. The number of ether oxygens (including phenoxy) is 3. The Morgan fingerprint density at radius 1 is 1.13 bits per heavy atom. The lowest BCUT2D eigenvalue weighted by molar-refractivity contribution is -0.0915. The number of nitrogens with one attached hydrogen (secondary N) is 2. The first-order valence-electron chi connectivity index (χ1n) is 14.6. The second-order valence-corrected chi connectivity index (χ2v) is 12.3. The number of hydrogen-bond acceptors (Lipinski definition) is 11. The largest absolute Gasteiger partial charge is 0.492 e. The molecule has 2 heterocycles. The van der Waals surface area contributed by atoms with Crippen LogP contribution in [0.1, 0.15) is 47.7 Å². The van der Waals surface area contributed by atoms with Crippen LogP contribution in [0.25, 0.3) is 0 Å². The van der Waals surface area contributed by atoms with E-state index in [9.17, 15) is 25.2 Å². The third-order valence-electron chi connectivity index (χ3n) is 7.28. The summed E-state index contributed by atoms with van der Waals surface area (Å²) in [5.74, 6) is 0.946. The fourth-order valence-electron chi connectivity index (χ4n) is 4.76. The number of aromatic amines is 1. The van der Waals surface area contributed by atoms with Crippen molar-refractivity contribution in [1.29, 1.82) is 0 Å². The second-order valence-electron chi connectivity index (χ2n) is 11.0. The number of aliphatic hydroxyl groups is 4. The van der Waals surface area contributed by atoms with Crippen molar-refractivity contribution < 1.29 is 39.4 Å². The van der Waals surface area contributed by atoms with Crippen molar-refractivity contribution in [2.45, 2.75) is 68.7 Å². The molecule has 3 aromatic rings. The van der Waals surface area contributed by atoms with Crippen LogP contribution in [0.5, 0.6) is 11.6 Å². The molecule has 2 aromatic carbocycles. The van der Waals surface area contributed by atoms with Gasteiger partial charge in [0.2, 0.25) is 5.88 Å². The van der Waals surface area contributed by atoms with Crippen molar-refractivity contribution in [3.05, 3.63) is 76.5 Å². The number of aliphatic hydroxyl groups excluding tert-OH is 4. The van der Waals surface area contributed by atoms with E-state index in [1.165, 1.54) is 0 Å². The van der Waals surface area contributed by atoms with E-state index < -0.39 is 35.1 Å². The summed E-state index contributed by atoms with van der Waals surface area (Å²) in [6.45, 7) is 6.19. The number of alkyl carbamates (subject to hydrolysis) is 1. The molecule has 0 spiro atoms. The van der Waals surface area contributed by atoms with Crippen molar-refractivity contribution in [3.63, 3.8) is 0 Å². The van der Waals surface area contributed by atoms with Crippen LogP contribution in [-0.2, 0) is 17.8 Å². The molecule has 4 rings (SSSR count). The highest BCUT2D eigenvalue weighted by Gasteiger charge is 2.45. The number of rotatable bonds is 12. The highest BCUT2D eigenvalue weighted by molar-refractivity contribution is 8.00. The summed E-state index contributed by atoms with van der Waals surface area (Å²) < 4.78 is 17.0. The predicted molar refractivity (Wildman–Crippen MR) is 169 cm³/mol. The number of carbonyl (C=O) groups is 1. The third kappa shape index (κ3) is 9.11. The minimum absolute atomic E-state index is 0.0704. The number of nitrogens with two attached hydrogens (primary N) is 1. The number of benzene rings is 2. The Morgan fingerprint density at radius 3 is 2.58 bits per heavy atom. The molecule has 1 aromatic heterocycles. The summed E-state index contributed by atoms with van der Waals surface area (Å²) in [5, 5.41) is 49.6. The van der Waals surface area contributed by atoms with Crippen LogP contribution in [0.3, 0.4) is 0 Å². The fourth-order valence-corrected chi connectivity index (χ4v) is 5.98. The number of guanidine groups is 1. The topological polar surface area (TPSA) is 205 Å². The van der Waals surface area contributed by atoms with Crippen molar-refractivity contribution in [2.24, 2.45) is 10.7 Å². The number of aromatic nitrogens is 2. The van der Waals surface area contributed by atoms with Gasteiger partial charge in [-0.05, 0) is 41.7 Å². The summed E-state index contributed by atoms with van der Waals surface area (Å²) in [6.07, 6.45) is -4.34. The molecular formula is C31H41N5O8S. The van der Waals surface area contributed by atoms with Gasteiger partial charge in [0.15, 0.2) is 11.4 Å². The summed E-state index contributed by atoms with van der Waals surface area (Å²) in [5.41, 5.74) is 9.33. The van der Waals surface area contributed by atoms with E-state index in [1.54, 1.807) is 0 Å². The zero-order chi connectivity index (χ0) is 32.5. The van der Waals surface area contributed by atoms with Gasteiger partial charge in [0.25, 0.3) is 0 Å². The van der Waals surface area contributed by atoms with Gasteiger partial charge in [-0.2, -0.15) is 0 Å². The van der Waals surface area contributed by atoms with Gasteiger partial charge in [0.05, 0.1) is 24.5 Å². The smallest absolute Gasteiger partial charge is 0.414 e. The lowest BCUT2D eigenvalue weighted by atomic mass is 9.97. The van der Waals surface area contributed by atoms with E-state index >= 15 is 0 Å². The van der Waals surface area contributed by atoms with Gasteiger partial charge in [-0.25, -0.2) is 9.79 Å². The monoisotopic (exact) mass is 643 g/mol. The van der Waals surface area contributed by atoms with Crippen molar-refractivity contribution in [3.8, 4) is 11.6 Å². The van der Waals surface area contributed by atoms with Crippen LogP contribution in [0.4, 0.5) is 4.79 Å². The lowest BCUT2D eigenvalue weighted by Crippen LogP contribution is -2.55. The van der Waals surface area contributed by atoms with Crippen LogP contribution >= 0.6 is 11.8 Å². The van der Waals surface area contributed by atoms with Gasteiger partial charge in [0.1, 0.15) is 31.2 Å². The molecule has 8 N–H and O–H groups in total. The van der Waals surface area contributed by atoms with Crippen LogP contribution in [0.2, 0.25) is 0 Å². The van der Waals surface area contributed by atoms with Crippen LogP contribution < -0.4 is 20.5 Å². The first-order chi connectivity index (χ1) is 21.6. The zero-order valence-corrected chi connectivity index (χ0v) is 26.2. The number of H-pyrrole nitrogens is 1. The van der Waals surface area contributed by atoms with E-state index in [2.05, 4.69) is 20.5 Å². The Bertz CT molecular complexity index is 1430. The SMILES string of the molecule is Cc1cc(OCCN=C(N)NC(=O)OCc2ccccc2)ccc1Cc1c(O[C@@H]2S[C@H](CO)[C@@H](O)[C@H](O)[C@H]2O)n[nH]c1C(C)C. The molecule has 5 atom stereocenters. The minimum Gasteiger partial charge on any atom is -0.492 e. The Kier molecular flexibility index (Phi) is 12.1. The average Bonchev–Trinajstić information content (AvgIpc) is 3.42. The van der Waals surface area contributed by atoms with Gasteiger partial charge in [-0.15, -0.1) is 16.9 Å². The van der Waals surface area contributed by atoms with Gasteiger partial charge in [-0.1, -0.05) is 50.2 Å². The summed E-state index contributed by atoms with van der Waals surface area (Å²) >= 11 is 1.05. The highest BCUT2D eigenvalue weighted by atomic mass is 32.2. The zero-order valence-electron chi connectivity index (χ0n) is 25.4. The molecule has 0 saturated carbocycles. The second kappa shape index (κ2) is 16.0. The normalized spacial score (nSPS) is 21.9. The van der Waals surface area contributed by atoms with Gasteiger partial charge in [0, 0.05) is 17.7 Å². The van der Waals surface area contributed by atoms with Gasteiger partial charge in [-0.3, -0.25) is 10.4 Å². The number of carbonyl (C=O) groups excluding carboxylic acids is 1. The number of nitrogens with zero attached hydrogens (tertiary/aromatic N) is 2. The molecule has 1 aliphatic rings. The quantitative estimate of drug-likeness (QED) is 0.0863. The molecule has 13 nitrogen and oxygen atoms in total. The van der Waals surface area contributed by atoms with Crippen LogP contribution in [0, 0.1) is 6.92 Å². The molecule has 0 aliphatic carbocycles. The molecule has 0 bridgehead atoms. The molecule has 14 heteroatoms.